The SMILES string of the molecule is Cc1ccc(CN=C=O)cc1NC(=O)OC(C)(C)C. The lowest BCUT2D eigenvalue weighted by atomic mass is 10.1. The van der Waals surface area contributed by atoms with E-state index in [1.165, 1.54) is 6.08 Å². The summed E-state index contributed by atoms with van der Waals surface area (Å²) in [5.74, 6) is 0. The van der Waals surface area contributed by atoms with Gasteiger partial charge in [-0.05, 0) is 44.9 Å². The van der Waals surface area contributed by atoms with E-state index in [9.17, 15) is 9.59 Å². The van der Waals surface area contributed by atoms with Crippen LogP contribution in [0.5, 0.6) is 0 Å². The summed E-state index contributed by atoms with van der Waals surface area (Å²) in [6.45, 7) is 7.52. The molecule has 0 atom stereocenters. The molecule has 0 aromatic heterocycles. The summed E-state index contributed by atoms with van der Waals surface area (Å²) < 4.78 is 5.18. The summed E-state index contributed by atoms with van der Waals surface area (Å²) in [7, 11) is 0. The quantitative estimate of drug-likeness (QED) is 0.672. The third-order valence-corrected chi connectivity index (χ3v) is 2.26. The van der Waals surface area contributed by atoms with Crippen molar-refractivity contribution in [3.63, 3.8) is 0 Å². The van der Waals surface area contributed by atoms with Crippen molar-refractivity contribution in [2.24, 2.45) is 4.99 Å². The number of isocyanates is 1. The summed E-state index contributed by atoms with van der Waals surface area (Å²) in [4.78, 5) is 25.3. The smallest absolute Gasteiger partial charge is 0.412 e. The molecule has 5 heteroatoms. The predicted octanol–water partition coefficient (Wildman–Crippen LogP) is 3.18. The van der Waals surface area contributed by atoms with E-state index in [1.54, 1.807) is 26.8 Å². The van der Waals surface area contributed by atoms with Gasteiger partial charge in [0.2, 0.25) is 6.08 Å². The third kappa shape index (κ3) is 5.36. The van der Waals surface area contributed by atoms with Crippen LogP contribution in [0.4, 0.5) is 10.5 Å². The first-order valence-electron chi connectivity index (χ1n) is 5.95. The van der Waals surface area contributed by atoms with E-state index in [1.807, 2.05) is 19.1 Å². The van der Waals surface area contributed by atoms with Crippen LogP contribution >= 0.6 is 0 Å². The molecular formula is C14H18N2O3. The van der Waals surface area contributed by atoms with Crippen molar-refractivity contribution in [1.29, 1.82) is 0 Å². The molecule has 0 aliphatic carbocycles. The summed E-state index contributed by atoms with van der Waals surface area (Å²) in [5.41, 5.74) is 1.83. The Morgan fingerprint density at radius 1 is 1.42 bits per heavy atom. The van der Waals surface area contributed by atoms with Crippen molar-refractivity contribution in [1.82, 2.24) is 0 Å². The van der Waals surface area contributed by atoms with Gasteiger partial charge < -0.3 is 4.74 Å². The van der Waals surface area contributed by atoms with Crippen LogP contribution in [0.15, 0.2) is 23.2 Å². The highest BCUT2D eigenvalue weighted by Gasteiger charge is 2.16. The van der Waals surface area contributed by atoms with Crippen LogP contribution < -0.4 is 5.32 Å². The Morgan fingerprint density at radius 2 is 2.11 bits per heavy atom. The van der Waals surface area contributed by atoms with Crippen molar-refractivity contribution < 1.29 is 14.3 Å². The number of amides is 1. The molecule has 0 saturated heterocycles. The van der Waals surface area contributed by atoms with Crippen molar-refractivity contribution in [3.05, 3.63) is 29.3 Å². The maximum atomic E-state index is 11.7. The van der Waals surface area contributed by atoms with Gasteiger partial charge in [0.1, 0.15) is 5.60 Å². The Hall–Kier alpha value is -2.13. The van der Waals surface area contributed by atoms with Crippen LogP contribution in [0.3, 0.4) is 0 Å². The van der Waals surface area contributed by atoms with Crippen LogP contribution in [-0.2, 0) is 16.1 Å². The summed E-state index contributed by atoms with van der Waals surface area (Å²) in [6, 6.07) is 5.46. The zero-order valence-electron chi connectivity index (χ0n) is 11.6. The number of carbonyl (C=O) groups is 1. The number of aliphatic imine (C=N–C) groups is 1. The number of benzene rings is 1. The lowest BCUT2D eigenvalue weighted by Crippen LogP contribution is -2.27. The zero-order valence-corrected chi connectivity index (χ0v) is 11.6. The molecule has 0 heterocycles. The highest BCUT2D eigenvalue weighted by Crippen LogP contribution is 2.19. The van der Waals surface area contributed by atoms with E-state index in [0.29, 0.717) is 5.69 Å². The second-order valence-corrected chi connectivity index (χ2v) is 5.18. The Labute approximate surface area is 112 Å². The zero-order chi connectivity index (χ0) is 14.5. The van der Waals surface area contributed by atoms with Crippen LogP contribution in [0.1, 0.15) is 31.9 Å². The lowest BCUT2D eigenvalue weighted by Gasteiger charge is -2.20. The maximum Gasteiger partial charge on any atom is 0.412 e. The number of nitrogens with one attached hydrogen (secondary N) is 1. The molecule has 102 valence electrons. The summed E-state index contributed by atoms with van der Waals surface area (Å²) in [6.07, 6.45) is 0.977. The molecule has 0 saturated carbocycles. The Balaban J connectivity index is 2.82. The number of aryl methyl sites for hydroxylation is 1. The largest absolute Gasteiger partial charge is 0.444 e. The Bertz CT molecular complexity index is 512. The predicted molar refractivity (Wildman–Crippen MR) is 72.9 cm³/mol. The van der Waals surface area contributed by atoms with Crippen molar-refractivity contribution >= 4 is 17.9 Å². The van der Waals surface area contributed by atoms with Gasteiger partial charge in [-0.15, -0.1) is 0 Å². The minimum atomic E-state index is -0.544. The van der Waals surface area contributed by atoms with Gasteiger partial charge in [0, 0.05) is 5.69 Å². The van der Waals surface area contributed by atoms with Crippen molar-refractivity contribution in [3.8, 4) is 0 Å². The minimum Gasteiger partial charge on any atom is -0.444 e. The Morgan fingerprint density at radius 3 is 2.68 bits per heavy atom. The first kappa shape index (κ1) is 14.9. The average molecular weight is 262 g/mol. The normalized spacial score (nSPS) is 10.5. The third-order valence-electron chi connectivity index (χ3n) is 2.26. The second kappa shape index (κ2) is 6.16. The van der Waals surface area contributed by atoms with Crippen LogP contribution in [0.25, 0.3) is 0 Å². The lowest BCUT2D eigenvalue weighted by molar-refractivity contribution is 0.0636. The van der Waals surface area contributed by atoms with Crippen molar-refractivity contribution in [2.75, 3.05) is 5.32 Å². The highest BCUT2D eigenvalue weighted by atomic mass is 16.6. The molecule has 19 heavy (non-hydrogen) atoms. The number of hydrogen-bond acceptors (Lipinski definition) is 4. The molecule has 0 bridgehead atoms. The fourth-order valence-corrected chi connectivity index (χ4v) is 1.44. The molecule has 0 aliphatic heterocycles. The van der Waals surface area contributed by atoms with Gasteiger partial charge in [0.05, 0.1) is 6.54 Å². The van der Waals surface area contributed by atoms with E-state index in [-0.39, 0.29) is 6.54 Å². The maximum absolute atomic E-state index is 11.7. The van der Waals surface area contributed by atoms with Crippen LogP contribution in [0, 0.1) is 6.92 Å². The van der Waals surface area contributed by atoms with Gasteiger partial charge in [0.15, 0.2) is 0 Å². The molecule has 0 fully saturated rings. The molecule has 0 unspecified atom stereocenters. The van der Waals surface area contributed by atoms with E-state index < -0.39 is 11.7 Å². The average Bonchev–Trinajstić information content (AvgIpc) is 2.27. The van der Waals surface area contributed by atoms with Gasteiger partial charge >= 0.3 is 6.09 Å². The first-order chi connectivity index (χ1) is 8.81. The number of anilines is 1. The molecule has 0 radical (unpaired) electrons. The van der Waals surface area contributed by atoms with E-state index in [0.717, 1.165) is 11.1 Å². The molecule has 1 N–H and O–H groups in total. The van der Waals surface area contributed by atoms with Gasteiger partial charge in [-0.1, -0.05) is 12.1 Å². The number of rotatable bonds is 3. The first-order valence-corrected chi connectivity index (χ1v) is 5.95. The Kier molecular flexibility index (Phi) is 4.84. The second-order valence-electron chi connectivity index (χ2n) is 5.18. The fraction of sp³-hybridized carbons (Fsp3) is 0.429. The van der Waals surface area contributed by atoms with E-state index in [2.05, 4.69) is 10.3 Å². The van der Waals surface area contributed by atoms with Crippen LogP contribution in [-0.4, -0.2) is 17.8 Å². The number of nitrogens with zero attached hydrogens (tertiary/aromatic N) is 1. The summed E-state index contributed by atoms with van der Waals surface area (Å²) in [5, 5.41) is 2.68. The molecule has 1 amide bonds. The highest BCUT2D eigenvalue weighted by molar-refractivity contribution is 5.86. The summed E-state index contributed by atoms with van der Waals surface area (Å²) >= 11 is 0. The topological polar surface area (TPSA) is 67.8 Å². The molecule has 5 nitrogen and oxygen atoms in total. The van der Waals surface area contributed by atoms with Gasteiger partial charge in [0.25, 0.3) is 0 Å². The van der Waals surface area contributed by atoms with Gasteiger partial charge in [-0.2, -0.15) is 0 Å². The van der Waals surface area contributed by atoms with Crippen molar-refractivity contribution in [2.45, 2.75) is 39.8 Å². The molecule has 1 rings (SSSR count). The molecule has 1 aromatic rings. The minimum absolute atomic E-state index is 0.243. The number of ether oxygens (including phenoxy) is 1. The van der Waals surface area contributed by atoms with Crippen LogP contribution in [0.2, 0.25) is 0 Å². The van der Waals surface area contributed by atoms with Gasteiger partial charge in [-0.3, -0.25) is 5.32 Å². The standard InChI is InChI=1S/C14H18N2O3/c1-10-5-6-11(8-15-9-17)7-12(10)16-13(18)19-14(2,3)4/h5-7H,8H2,1-4H3,(H,16,18). The number of hydrogen-bond donors (Lipinski definition) is 1. The van der Waals surface area contributed by atoms with E-state index in [4.69, 9.17) is 4.74 Å². The fourth-order valence-electron chi connectivity index (χ4n) is 1.44. The molecular weight excluding hydrogens is 244 g/mol. The number of carbonyl (C=O) groups excluding carboxylic acids is 2. The van der Waals surface area contributed by atoms with E-state index >= 15 is 0 Å². The van der Waals surface area contributed by atoms with Gasteiger partial charge in [-0.25, -0.2) is 14.6 Å². The molecule has 0 aliphatic rings. The monoisotopic (exact) mass is 262 g/mol. The molecule has 1 aromatic carbocycles. The molecule has 0 spiro atoms.